The second-order valence-electron chi connectivity index (χ2n) is 8.17. The van der Waals surface area contributed by atoms with E-state index in [0.717, 1.165) is 0 Å². The number of hydrogen-bond acceptors (Lipinski definition) is 8. The van der Waals surface area contributed by atoms with E-state index in [2.05, 4.69) is 16.0 Å². The Morgan fingerprint density at radius 2 is 1.33 bits per heavy atom. The van der Waals surface area contributed by atoms with Crippen LogP contribution in [0.15, 0.2) is 0 Å². The van der Waals surface area contributed by atoms with E-state index < -0.39 is 66.4 Å². The zero-order valence-electron chi connectivity index (χ0n) is 19.2. The third-order valence-corrected chi connectivity index (χ3v) is 4.93. The number of rotatable bonds is 16. The van der Waals surface area contributed by atoms with Gasteiger partial charge in [0.05, 0.1) is 12.1 Å². The molecule has 0 aliphatic carbocycles. The number of aliphatic hydroxyl groups excluding tert-OH is 1. The number of aliphatic carboxylic acids is 2. The van der Waals surface area contributed by atoms with Crippen molar-refractivity contribution >= 4 is 29.7 Å². The van der Waals surface area contributed by atoms with E-state index in [1.54, 1.807) is 13.8 Å². The fraction of sp³-hybridized carbons (Fsp3) is 0.750. The molecule has 5 atom stereocenters. The first-order valence-corrected chi connectivity index (χ1v) is 10.8. The topological polar surface area (TPSA) is 234 Å². The summed E-state index contributed by atoms with van der Waals surface area (Å²) in [6, 6.07) is -5.02. The first kappa shape index (κ1) is 30.2. The van der Waals surface area contributed by atoms with Crippen molar-refractivity contribution in [3.8, 4) is 0 Å². The number of hydrogen-bond donors (Lipinski definition) is 8. The van der Waals surface area contributed by atoms with Crippen molar-refractivity contribution in [2.45, 2.75) is 83.1 Å². The molecule has 13 heteroatoms. The summed E-state index contributed by atoms with van der Waals surface area (Å²) in [5.74, 6) is -5.21. The molecule has 0 aromatic carbocycles. The van der Waals surface area contributed by atoms with Crippen LogP contribution in [0, 0.1) is 5.92 Å². The first-order chi connectivity index (χ1) is 15.3. The van der Waals surface area contributed by atoms with Crippen molar-refractivity contribution < 1.29 is 39.3 Å². The largest absolute Gasteiger partial charge is 0.481 e. The highest BCUT2D eigenvalue weighted by atomic mass is 16.4. The van der Waals surface area contributed by atoms with Gasteiger partial charge < -0.3 is 42.7 Å². The van der Waals surface area contributed by atoms with Crippen LogP contribution in [-0.4, -0.2) is 81.8 Å². The first-order valence-electron chi connectivity index (χ1n) is 10.8. The molecule has 0 aromatic rings. The van der Waals surface area contributed by atoms with Gasteiger partial charge in [0, 0.05) is 6.42 Å². The Bertz CT molecular complexity index is 685. The van der Waals surface area contributed by atoms with Crippen molar-refractivity contribution in [3.05, 3.63) is 0 Å². The zero-order chi connectivity index (χ0) is 25.7. The van der Waals surface area contributed by atoms with Crippen LogP contribution in [0.25, 0.3) is 0 Å². The minimum atomic E-state index is -1.60. The summed E-state index contributed by atoms with van der Waals surface area (Å²) in [5.41, 5.74) is 11.3. The highest BCUT2D eigenvalue weighted by Gasteiger charge is 2.32. The predicted molar refractivity (Wildman–Crippen MR) is 118 cm³/mol. The minimum Gasteiger partial charge on any atom is -0.481 e. The third-order valence-electron chi connectivity index (χ3n) is 4.93. The van der Waals surface area contributed by atoms with E-state index in [4.69, 9.17) is 16.6 Å². The average molecular weight is 476 g/mol. The lowest BCUT2D eigenvalue weighted by molar-refractivity contribution is -0.145. The monoisotopic (exact) mass is 475 g/mol. The van der Waals surface area contributed by atoms with E-state index in [1.165, 1.54) is 6.92 Å². The van der Waals surface area contributed by atoms with Crippen LogP contribution in [0.4, 0.5) is 0 Å². The Kier molecular flexibility index (Phi) is 13.9. The molecular formula is C20H37N5O8. The SMILES string of the molecule is CC(C)C(N)C(=O)NC(CCC(=O)O)C(=O)NC(CCCCN)C(=O)NC(C(=O)O)C(C)O. The maximum absolute atomic E-state index is 12.9. The van der Waals surface area contributed by atoms with Gasteiger partial charge in [-0.3, -0.25) is 19.2 Å². The smallest absolute Gasteiger partial charge is 0.328 e. The summed E-state index contributed by atoms with van der Waals surface area (Å²) in [4.78, 5) is 60.1. The molecule has 0 radical (unpaired) electrons. The highest BCUT2D eigenvalue weighted by Crippen LogP contribution is 2.07. The lowest BCUT2D eigenvalue weighted by Gasteiger charge is -2.26. The molecule has 0 saturated carbocycles. The molecule has 3 amide bonds. The van der Waals surface area contributed by atoms with E-state index in [-0.39, 0.29) is 18.8 Å². The summed E-state index contributed by atoms with van der Waals surface area (Å²) >= 11 is 0. The molecule has 0 heterocycles. The molecule has 33 heavy (non-hydrogen) atoms. The lowest BCUT2D eigenvalue weighted by atomic mass is 10.0. The standard InChI is InChI=1S/C20H37N5O8/c1-10(2)15(22)19(31)24-13(7-8-14(27)28)17(29)23-12(6-4-5-9-21)18(30)25-16(11(3)26)20(32)33/h10-13,15-16,26H,4-9,21-22H2,1-3H3,(H,23,29)(H,24,31)(H,25,30)(H,27,28)(H,32,33). The molecule has 190 valence electrons. The Morgan fingerprint density at radius 1 is 0.818 bits per heavy atom. The number of aliphatic hydroxyl groups is 1. The Hall–Kier alpha value is -2.77. The maximum Gasteiger partial charge on any atom is 0.328 e. The van der Waals surface area contributed by atoms with Gasteiger partial charge in [-0.25, -0.2) is 4.79 Å². The number of unbranched alkanes of at least 4 members (excludes halogenated alkanes) is 1. The average Bonchev–Trinajstić information content (AvgIpc) is 2.72. The normalized spacial score (nSPS) is 15.6. The van der Waals surface area contributed by atoms with E-state index in [0.29, 0.717) is 19.4 Å². The van der Waals surface area contributed by atoms with Crippen molar-refractivity contribution in [2.75, 3.05) is 6.54 Å². The molecule has 5 unspecified atom stereocenters. The number of carboxylic acids is 2. The Balaban J connectivity index is 5.57. The second-order valence-corrected chi connectivity index (χ2v) is 8.17. The molecule has 0 fully saturated rings. The molecule has 0 rings (SSSR count). The number of carboxylic acid groups (broad SMARTS) is 2. The van der Waals surface area contributed by atoms with Crippen molar-refractivity contribution in [3.63, 3.8) is 0 Å². The maximum atomic E-state index is 12.9. The molecule has 0 aliphatic heterocycles. The van der Waals surface area contributed by atoms with Gasteiger partial charge in [0.1, 0.15) is 12.1 Å². The highest BCUT2D eigenvalue weighted by molar-refractivity contribution is 5.94. The molecule has 0 saturated heterocycles. The molecule has 0 aliphatic rings. The van der Waals surface area contributed by atoms with Crippen molar-refractivity contribution in [2.24, 2.45) is 17.4 Å². The van der Waals surface area contributed by atoms with Crippen LogP contribution in [0.5, 0.6) is 0 Å². The van der Waals surface area contributed by atoms with Gasteiger partial charge in [0.2, 0.25) is 17.7 Å². The number of nitrogens with two attached hydrogens (primary N) is 2. The molecule has 0 bridgehead atoms. The predicted octanol–water partition coefficient (Wildman–Crippen LogP) is -2.12. The quantitative estimate of drug-likeness (QED) is 0.113. The van der Waals surface area contributed by atoms with E-state index in [1.807, 2.05) is 0 Å². The van der Waals surface area contributed by atoms with Gasteiger partial charge in [-0.1, -0.05) is 13.8 Å². The third kappa shape index (κ3) is 11.6. The summed E-state index contributed by atoms with van der Waals surface area (Å²) in [6.07, 6.45) is -1.02. The summed E-state index contributed by atoms with van der Waals surface area (Å²) in [5, 5.41) is 34.8. The fourth-order valence-electron chi connectivity index (χ4n) is 2.78. The van der Waals surface area contributed by atoms with Gasteiger partial charge >= 0.3 is 11.9 Å². The number of amides is 3. The molecule has 0 spiro atoms. The van der Waals surface area contributed by atoms with Crippen LogP contribution in [-0.2, 0) is 24.0 Å². The number of nitrogens with one attached hydrogen (secondary N) is 3. The van der Waals surface area contributed by atoms with Gasteiger partial charge in [-0.15, -0.1) is 0 Å². The lowest BCUT2D eigenvalue weighted by Crippen LogP contribution is -2.58. The van der Waals surface area contributed by atoms with E-state index >= 15 is 0 Å². The van der Waals surface area contributed by atoms with Gasteiger partial charge in [0.15, 0.2) is 6.04 Å². The van der Waals surface area contributed by atoms with Gasteiger partial charge in [-0.05, 0) is 45.1 Å². The number of carbonyl (C=O) groups is 5. The summed E-state index contributed by atoms with van der Waals surface area (Å²) in [7, 11) is 0. The zero-order valence-corrected chi connectivity index (χ0v) is 19.2. The summed E-state index contributed by atoms with van der Waals surface area (Å²) in [6.45, 7) is 4.93. The van der Waals surface area contributed by atoms with Crippen molar-refractivity contribution in [1.29, 1.82) is 0 Å². The Labute approximate surface area is 192 Å². The summed E-state index contributed by atoms with van der Waals surface area (Å²) < 4.78 is 0. The van der Waals surface area contributed by atoms with Gasteiger partial charge in [0.25, 0.3) is 0 Å². The molecule has 13 nitrogen and oxygen atoms in total. The van der Waals surface area contributed by atoms with Crippen LogP contribution in [0.2, 0.25) is 0 Å². The number of carbonyl (C=O) groups excluding carboxylic acids is 3. The fourth-order valence-corrected chi connectivity index (χ4v) is 2.78. The van der Waals surface area contributed by atoms with E-state index in [9.17, 15) is 34.2 Å². The van der Waals surface area contributed by atoms with Crippen LogP contribution < -0.4 is 27.4 Å². The van der Waals surface area contributed by atoms with Crippen molar-refractivity contribution in [1.82, 2.24) is 16.0 Å². The molecule has 10 N–H and O–H groups in total. The minimum absolute atomic E-state index is 0.103. The molecular weight excluding hydrogens is 438 g/mol. The van der Waals surface area contributed by atoms with Gasteiger partial charge in [-0.2, -0.15) is 0 Å². The second kappa shape index (κ2) is 15.1. The Morgan fingerprint density at radius 3 is 1.79 bits per heavy atom. The van der Waals surface area contributed by atoms with Crippen LogP contribution >= 0.6 is 0 Å². The van der Waals surface area contributed by atoms with Crippen LogP contribution in [0.3, 0.4) is 0 Å². The molecule has 0 aromatic heterocycles. The van der Waals surface area contributed by atoms with Crippen LogP contribution in [0.1, 0.15) is 52.9 Å².